The number of ether oxygens (including phenoxy) is 1. The summed E-state index contributed by atoms with van der Waals surface area (Å²) in [4.78, 5) is 13.1. The van der Waals surface area contributed by atoms with Gasteiger partial charge in [0.2, 0.25) is 0 Å². The Kier molecular flexibility index (Phi) is 8.61. The maximum Gasteiger partial charge on any atom is 0.573 e. The number of alkyl halides is 3. The molecule has 3 rings (SSSR count). The van der Waals surface area contributed by atoms with Crippen LogP contribution < -0.4 is 32.0 Å². The molecule has 0 spiro atoms. The van der Waals surface area contributed by atoms with E-state index in [2.05, 4.69) is 20.5 Å². The van der Waals surface area contributed by atoms with Gasteiger partial charge in [-0.2, -0.15) is 5.10 Å². The number of amides is 1. The number of halogens is 3. The van der Waals surface area contributed by atoms with E-state index < -0.39 is 18.0 Å². The minimum absolute atomic E-state index is 0.149. The lowest BCUT2D eigenvalue weighted by Gasteiger charge is -2.21. The number of hydrogen-bond acceptors (Lipinski definition) is 7. The summed E-state index contributed by atoms with van der Waals surface area (Å²) in [7, 11) is 1.80. The fourth-order valence-electron chi connectivity index (χ4n) is 3.70. The summed E-state index contributed by atoms with van der Waals surface area (Å²) in [6, 6.07) is 8.87. The van der Waals surface area contributed by atoms with Gasteiger partial charge in [0.15, 0.2) is 0 Å². The number of nitrogens with zero attached hydrogens (tertiary/aromatic N) is 3. The van der Waals surface area contributed by atoms with E-state index in [1.807, 2.05) is 34.6 Å². The van der Waals surface area contributed by atoms with Gasteiger partial charge in [0, 0.05) is 53.9 Å². The van der Waals surface area contributed by atoms with Crippen molar-refractivity contribution in [1.82, 2.24) is 15.1 Å². The highest BCUT2D eigenvalue weighted by molar-refractivity contribution is 6.05. The molecule has 0 radical (unpaired) electrons. The molecule has 12 heteroatoms. The third kappa shape index (κ3) is 8.23. The zero-order valence-corrected chi connectivity index (χ0v) is 22.8. The predicted molar refractivity (Wildman–Crippen MR) is 146 cm³/mol. The molecule has 2 aromatic carbocycles. The Labute approximate surface area is 225 Å². The molecule has 9 nitrogen and oxygen atoms in total. The summed E-state index contributed by atoms with van der Waals surface area (Å²) < 4.78 is 44.6. The minimum atomic E-state index is -4.88. The number of aromatic nitrogens is 2. The van der Waals surface area contributed by atoms with Crippen molar-refractivity contribution in [2.75, 3.05) is 10.3 Å². The van der Waals surface area contributed by atoms with Crippen LogP contribution in [0, 0.1) is 13.8 Å². The standard InChI is InChI=1S/C27H34F3N7O2/c1-16-7-8-19(11-24(16)37(32)15-23(31)22-14-34-36(6)17(22)2)25(38)35-20-9-18(13-33-26(3,4)5)10-21(12-20)39-27(28,29)30/h7-12,14-15,33H,13,31-32H2,1-6H3,(H,35,38)/b23-15-. The summed E-state index contributed by atoms with van der Waals surface area (Å²) in [5.41, 5.74) is 10.1. The van der Waals surface area contributed by atoms with E-state index in [1.54, 1.807) is 42.2 Å². The molecule has 39 heavy (non-hydrogen) atoms. The van der Waals surface area contributed by atoms with Gasteiger partial charge >= 0.3 is 6.36 Å². The molecule has 0 aliphatic heterocycles. The van der Waals surface area contributed by atoms with Gasteiger partial charge in [-0.3, -0.25) is 14.5 Å². The number of benzene rings is 2. The number of anilines is 2. The lowest BCUT2D eigenvalue weighted by Crippen LogP contribution is -2.35. The molecule has 3 aromatic rings. The van der Waals surface area contributed by atoms with Crippen LogP contribution in [0.15, 0.2) is 48.8 Å². The highest BCUT2D eigenvalue weighted by atomic mass is 19.4. The average molecular weight is 546 g/mol. The second kappa shape index (κ2) is 11.4. The van der Waals surface area contributed by atoms with Crippen LogP contribution in [0.5, 0.6) is 5.75 Å². The van der Waals surface area contributed by atoms with Crippen molar-refractivity contribution in [1.29, 1.82) is 0 Å². The molecule has 1 amide bonds. The first kappa shape index (κ1) is 29.5. The molecular weight excluding hydrogens is 511 g/mol. The van der Waals surface area contributed by atoms with E-state index in [0.717, 1.165) is 22.9 Å². The van der Waals surface area contributed by atoms with Crippen LogP contribution in [0.25, 0.3) is 5.70 Å². The highest BCUT2D eigenvalue weighted by Gasteiger charge is 2.31. The third-order valence-corrected chi connectivity index (χ3v) is 5.85. The summed E-state index contributed by atoms with van der Waals surface area (Å²) in [6.07, 6.45) is -1.72. The first-order chi connectivity index (χ1) is 18.0. The summed E-state index contributed by atoms with van der Waals surface area (Å²) >= 11 is 0. The number of rotatable bonds is 8. The van der Waals surface area contributed by atoms with Crippen LogP contribution in [0.1, 0.15) is 53.5 Å². The van der Waals surface area contributed by atoms with Crippen molar-refractivity contribution >= 4 is 23.0 Å². The zero-order chi connectivity index (χ0) is 29.1. The van der Waals surface area contributed by atoms with Gasteiger partial charge < -0.3 is 21.1 Å². The molecule has 0 unspecified atom stereocenters. The van der Waals surface area contributed by atoms with Gasteiger partial charge in [-0.15, -0.1) is 13.2 Å². The van der Waals surface area contributed by atoms with Crippen molar-refractivity contribution in [2.24, 2.45) is 18.6 Å². The first-order valence-corrected chi connectivity index (χ1v) is 12.1. The topological polar surface area (TPSA) is 123 Å². The van der Waals surface area contributed by atoms with Crippen LogP contribution in [0.4, 0.5) is 24.5 Å². The van der Waals surface area contributed by atoms with E-state index in [9.17, 15) is 18.0 Å². The lowest BCUT2D eigenvalue weighted by molar-refractivity contribution is -0.274. The summed E-state index contributed by atoms with van der Waals surface area (Å²) in [5.74, 6) is 5.29. The van der Waals surface area contributed by atoms with Crippen LogP contribution in [-0.4, -0.2) is 27.6 Å². The number of hydrogen-bond donors (Lipinski definition) is 4. The molecule has 6 N–H and O–H groups in total. The molecule has 0 saturated heterocycles. The molecule has 0 bridgehead atoms. The van der Waals surface area contributed by atoms with E-state index in [1.165, 1.54) is 17.3 Å². The number of carbonyl (C=O) groups excluding carboxylic acids is 1. The van der Waals surface area contributed by atoms with Crippen molar-refractivity contribution in [3.05, 3.63) is 76.7 Å². The Morgan fingerprint density at radius 1 is 1.15 bits per heavy atom. The van der Waals surface area contributed by atoms with Gasteiger partial charge in [-0.25, -0.2) is 5.84 Å². The SMILES string of the molecule is Cc1ccc(C(=O)Nc2cc(CNC(C)(C)C)cc(OC(F)(F)F)c2)cc1N(N)/C=C(\N)c1cnn(C)c1C. The Morgan fingerprint density at radius 3 is 2.44 bits per heavy atom. The molecular formula is C27H34F3N7O2. The number of nitrogens with one attached hydrogen (secondary N) is 2. The van der Waals surface area contributed by atoms with E-state index >= 15 is 0 Å². The smallest absolute Gasteiger partial charge is 0.406 e. The highest BCUT2D eigenvalue weighted by Crippen LogP contribution is 2.28. The normalized spacial score (nSPS) is 12.4. The summed E-state index contributed by atoms with van der Waals surface area (Å²) in [5, 5.41) is 11.4. The number of aryl methyl sites for hydroxylation is 2. The quantitative estimate of drug-likeness (QED) is 0.239. The largest absolute Gasteiger partial charge is 0.573 e. The Bertz CT molecular complexity index is 1370. The maximum absolute atomic E-state index is 13.1. The minimum Gasteiger partial charge on any atom is -0.406 e. The molecule has 0 atom stereocenters. The second-order valence-electron chi connectivity index (χ2n) is 10.2. The number of hydrazine groups is 1. The van der Waals surface area contributed by atoms with Crippen molar-refractivity contribution in [2.45, 2.75) is 53.1 Å². The second-order valence-corrected chi connectivity index (χ2v) is 10.2. The number of carbonyl (C=O) groups is 1. The first-order valence-electron chi connectivity index (χ1n) is 12.1. The number of nitrogens with two attached hydrogens (primary N) is 2. The molecule has 0 saturated carbocycles. The van der Waals surface area contributed by atoms with Crippen molar-refractivity contribution in [3.63, 3.8) is 0 Å². The van der Waals surface area contributed by atoms with Crippen LogP contribution >= 0.6 is 0 Å². The van der Waals surface area contributed by atoms with Crippen LogP contribution in [0.3, 0.4) is 0 Å². The molecule has 0 aliphatic carbocycles. The van der Waals surface area contributed by atoms with E-state index in [0.29, 0.717) is 16.9 Å². The van der Waals surface area contributed by atoms with Crippen molar-refractivity contribution < 1.29 is 22.7 Å². The van der Waals surface area contributed by atoms with Crippen LogP contribution in [0.2, 0.25) is 0 Å². The van der Waals surface area contributed by atoms with Gasteiger partial charge in [0.25, 0.3) is 5.91 Å². The predicted octanol–water partition coefficient (Wildman–Crippen LogP) is 4.71. The van der Waals surface area contributed by atoms with E-state index in [4.69, 9.17) is 11.6 Å². The molecule has 1 heterocycles. The van der Waals surface area contributed by atoms with Crippen molar-refractivity contribution in [3.8, 4) is 5.75 Å². The van der Waals surface area contributed by atoms with E-state index in [-0.39, 0.29) is 23.3 Å². The average Bonchev–Trinajstić information content (AvgIpc) is 3.14. The lowest BCUT2D eigenvalue weighted by atomic mass is 10.1. The van der Waals surface area contributed by atoms with Gasteiger partial charge in [-0.1, -0.05) is 6.07 Å². The molecule has 0 aliphatic rings. The molecule has 0 fully saturated rings. The van der Waals surface area contributed by atoms with Gasteiger partial charge in [0.1, 0.15) is 5.75 Å². The van der Waals surface area contributed by atoms with Gasteiger partial charge in [0.05, 0.1) is 17.6 Å². The maximum atomic E-state index is 13.1. The van der Waals surface area contributed by atoms with Gasteiger partial charge in [-0.05, 0) is 70.0 Å². The Balaban J connectivity index is 1.87. The fourth-order valence-corrected chi connectivity index (χ4v) is 3.70. The monoisotopic (exact) mass is 545 g/mol. The Hall–Kier alpha value is -4.03. The Morgan fingerprint density at radius 2 is 1.85 bits per heavy atom. The third-order valence-electron chi connectivity index (χ3n) is 5.85. The summed E-state index contributed by atoms with van der Waals surface area (Å²) in [6.45, 7) is 9.76. The zero-order valence-electron chi connectivity index (χ0n) is 22.8. The molecule has 1 aromatic heterocycles. The molecule has 210 valence electrons. The fraction of sp³-hybridized carbons (Fsp3) is 0.333. The van der Waals surface area contributed by atoms with Crippen LogP contribution in [-0.2, 0) is 13.6 Å².